The second-order valence-electron chi connectivity index (χ2n) is 7.94. The first kappa shape index (κ1) is 26.2. The molecule has 1 aliphatic rings. The molecular formula is C23H19ClF3N7O2S. The van der Waals surface area contributed by atoms with Crippen LogP contribution in [0.1, 0.15) is 55.2 Å². The van der Waals surface area contributed by atoms with Crippen LogP contribution in [-0.4, -0.2) is 36.5 Å². The quantitative estimate of drug-likeness (QED) is 0.360. The molecule has 4 aromatic heterocycles. The van der Waals surface area contributed by atoms with Gasteiger partial charge in [-0.1, -0.05) is 11.6 Å². The van der Waals surface area contributed by atoms with E-state index in [-0.39, 0.29) is 22.7 Å². The van der Waals surface area contributed by atoms with E-state index in [9.17, 15) is 22.8 Å². The zero-order valence-electron chi connectivity index (χ0n) is 19.2. The summed E-state index contributed by atoms with van der Waals surface area (Å²) in [5.41, 5.74) is 4.98. The Labute approximate surface area is 217 Å². The number of nitrogens with zero attached hydrogens (tertiary/aromatic N) is 5. The molecule has 1 aliphatic carbocycles. The Kier molecular flexibility index (Phi) is 7.55. The zero-order chi connectivity index (χ0) is 26.7. The van der Waals surface area contributed by atoms with Gasteiger partial charge in [0.15, 0.2) is 11.5 Å². The molecule has 0 saturated heterocycles. The summed E-state index contributed by atoms with van der Waals surface area (Å²) in [6.45, 7) is 1.79. The number of carbonyl (C=O) groups is 2. The van der Waals surface area contributed by atoms with E-state index in [0.29, 0.717) is 21.8 Å². The number of anilines is 1. The average molecular weight is 550 g/mol. The second kappa shape index (κ2) is 10.6. The molecule has 1 fully saturated rings. The van der Waals surface area contributed by atoms with Crippen molar-refractivity contribution in [2.24, 2.45) is 5.73 Å². The molecule has 0 unspecified atom stereocenters. The monoisotopic (exact) mass is 549 g/mol. The Hall–Kier alpha value is -3.84. The minimum absolute atomic E-state index is 0.0631. The van der Waals surface area contributed by atoms with Crippen LogP contribution in [0.15, 0.2) is 49.1 Å². The Morgan fingerprint density at radius 3 is 2.41 bits per heavy atom. The average Bonchev–Trinajstić information content (AvgIpc) is 3.49. The Balaban J connectivity index is 0.000000301. The van der Waals surface area contributed by atoms with E-state index in [1.165, 1.54) is 36.0 Å². The summed E-state index contributed by atoms with van der Waals surface area (Å²) in [6.07, 6.45) is 2.72. The number of primary amides is 1. The van der Waals surface area contributed by atoms with Crippen LogP contribution in [0, 0.1) is 6.92 Å². The number of amides is 2. The molecule has 2 amide bonds. The lowest BCUT2D eigenvalue weighted by Gasteiger charge is -2.08. The van der Waals surface area contributed by atoms with Crippen molar-refractivity contribution in [2.75, 3.05) is 5.32 Å². The third-order valence-electron chi connectivity index (χ3n) is 5.11. The van der Waals surface area contributed by atoms with Crippen LogP contribution in [0.4, 0.5) is 18.9 Å². The van der Waals surface area contributed by atoms with E-state index in [4.69, 9.17) is 17.3 Å². The summed E-state index contributed by atoms with van der Waals surface area (Å²) >= 11 is 7.23. The number of aryl methyl sites for hydroxylation is 1. The number of nitrogens with two attached hydrogens (primary N) is 1. The number of aromatic nitrogens is 5. The SMILES string of the molecule is Cc1ncc(C(=O)Nc2ccc(-n3nc(C(F)(F)F)c(Cl)c3C3CC3)nc2)s1.NC(=O)c1cccnc1. The van der Waals surface area contributed by atoms with Gasteiger partial charge in [0.25, 0.3) is 5.91 Å². The van der Waals surface area contributed by atoms with Gasteiger partial charge in [-0.05, 0) is 44.0 Å². The topological polar surface area (TPSA) is 129 Å². The molecule has 14 heteroatoms. The maximum atomic E-state index is 13.2. The van der Waals surface area contributed by atoms with E-state index in [2.05, 4.69) is 25.4 Å². The highest BCUT2D eigenvalue weighted by Gasteiger charge is 2.42. The number of pyridine rings is 2. The molecule has 0 aromatic carbocycles. The summed E-state index contributed by atoms with van der Waals surface area (Å²) in [6, 6.07) is 6.33. The maximum absolute atomic E-state index is 13.2. The summed E-state index contributed by atoms with van der Waals surface area (Å²) < 4.78 is 40.7. The molecule has 9 nitrogen and oxygen atoms in total. The van der Waals surface area contributed by atoms with Gasteiger partial charge in [0.2, 0.25) is 5.91 Å². The second-order valence-corrected chi connectivity index (χ2v) is 9.55. The van der Waals surface area contributed by atoms with Crippen molar-refractivity contribution in [1.29, 1.82) is 0 Å². The van der Waals surface area contributed by atoms with Crippen molar-refractivity contribution in [3.05, 3.63) is 80.9 Å². The van der Waals surface area contributed by atoms with Crippen LogP contribution in [0.25, 0.3) is 5.82 Å². The van der Waals surface area contributed by atoms with E-state index in [1.54, 1.807) is 31.3 Å². The smallest absolute Gasteiger partial charge is 0.366 e. The zero-order valence-corrected chi connectivity index (χ0v) is 20.7. The van der Waals surface area contributed by atoms with E-state index < -0.39 is 17.8 Å². The van der Waals surface area contributed by atoms with E-state index >= 15 is 0 Å². The van der Waals surface area contributed by atoms with Gasteiger partial charge in [-0.15, -0.1) is 11.3 Å². The highest BCUT2D eigenvalue weighted by Crippen LogP contribution is 2.47. The lowest BCUT2D eigenvalue weighted by molar-refractivity contribution is -0.141. The minimum atomic E-state index is -4.65. The molecule has 5 rings (SSSR count). The first-order valence-electron chi connectivity index (χ1n) is 10.8. The van der Waals surface area contributed by atoms with Gasteiger partial charge in [0.1, 0.15) is 4.88 Å². The first-order chi connectivity index (χ1) is 17.5. The molecule has 0 radical (unpaired) electrons. The van der Waals surface area contributed by atoms with Gasteiger partial charge < -0.3 is 11.1 Å². The first-order valence-corrected chi connectivity index (χ1v) is 12.0. The largest absolute Gasteiger partial charge is 0.436 e. The molecule has 1 saturated carbocycles. The number of thiazole rings is 1. The third kappa shape index (κ3) is 6.30. The fraction of sp³-hybridized carbons (Fsp3) is 0.217. The Morgan fingerprint density at radius 1 is 1.16 bits per heavy atom. The third-order valence-corrected chi connectivity index (χ3v) is 6.39. The van der Waals surface area contributed by atoms with Crippen molar-refractivity contribution in [1.82, 2.24) is 24.7 Å². The highest BCUT2D eigenvalue weighted by molar-refractivity contribution is 7.13. The number of alkyl halides is 3. The summed E-state index contributed by atoms with van der Waals surface area (Å²) in [4.78, 5) is 34.9. The van der Waals surface area contributed by atoms with Crippen LogP contribution < -0.4 is 11.1 Å². The van der Waals surface area contributed by atoms with Crippen molar-refractivity contribution >= 4 is 40.4 Å². The van der Waals surface area contributed by atoms with Crippen LogP contribution in [-0.2, 0) is 6.18 Å². The fourth-order valence-electron chi connectivity index (χ4n) is 3.23. The number of carbonyl (C=O) groups excluding carboxylic acids is 2. The predicted octanol–water partition coefficient (Wildman–Crippen LogP) is 5.01. The summed E-state index contributed by atoms with van der Waals surface area (Å²) in [7, 11) is 0. The predicted molar refractivity (Wildman–Crippen MR) is 131 cm³/mol. The summed E-state index contributed by atoms with van der Waals surface area (Å²) in [5, 5.41) is 6.72. The summed E-state index contributed by atoms with van der Waals surface area (Å²) in [5.74, 6) is -0.638. The Morgan fingerprint density at radius 2 is 1.92 bits per heavy atom. The number of rotatable bonds is 5. The van der Waals surface area contributed by atoms with Gasteiger partial charge >= 0.3 is 6.18 Å². The van der Waals surface area contributed by atoms with Gasteiger partial charge in [0.05, 0.1) is 39.4 Å². The van der Waals surface area contributed by atoms with Crippen LogP contribution in [0.5, 0.6) is 0 Å². The molecular weight excluding hydrogens is 531 g/mol. The lowest BCUT2D eigenvalue weighted by atomic mass is 10.2. The molecule has 0 aliphatic heterocycles. The molecule has 0 bridgehead atoms. The molecule has 3 N–H and O–H groups in total. The number of hydrogen-bond acceptors (Lipinski definition) is 7. The van der Waals surface area contributed by atoms with E-state index in [0.717, 1.165) is 22.5 Å². The number of nitrogens with one attached hydrogen (secondary N) is 1. The van der Waals surface area contributed by atoms with Crippen molar-refractivity contribution in [3.8, 4) is 5.82 Å². The van der Waals surface area contributed by atoms with Gasteiger partial charge in [0, 0.05) is 18.3 Å². The van der Waals surface area contributed by atoms with Crippen molar-refractivity contribution in [2.45, 2.75) is 31.9 Å². The molecule has 0 atom stereocenters. The Bertz CT molecular complexity index is 1420. The molecule has 4 aromatic rings. The van der Waals surface area contributed by atoms with Crippen LogP contribution >= 0.6 is 22.9 Å². The van der Waals surface area contributed by atoms with Gasteiger partial charge in [-0.2, -0.15) is 18.3 Å². The maximum Gasteiger partial charge on any atom is 0.436 e. The van der Waals surface area contributed by atoms with Gasteiger partial charge in [-0.25, -0.2) is 14.6 Å². The molecule has 37 heavy (non-hydrogen) atoms. The highest BCUT2D eigenvalue weighted by atomic mass is 35.5. The van der Waals surface area contributed by atoms with Gasteiger partial charge in [-0.3, -0.25) is 14.6 Å². The van der Waals surface area contributed by atoms with Crippen LogP contribution in [0.3, 0.4) is 0 Å². The fourth-order valence-corrected chi connectivity index (χ4v) is 4.28. The number of hydrogen-bond donors (Lipinski definition) is 2. The van der Waals surface area contributed by atoms with Crippen molar-refractivity contribution < 1.29 is 22.8 Å². The lowest BCUT2D eigenvalue weighted by Crippen LogP contribution is -2.11. The minimum Gasteiger partial charge on any atom is -0.366 e. The molecule has 4 heterocycles. The normalized spacial score (nSPS) is 13.0. The van der Waals surface area contributed by atoms with Crippen molar-refractivity contribution in [3.63, 3.8) is 0 Å². The molecule has 192 valence electrons. The van der Waals surface area contributed by atoms with E-state index in [1.807, 2.05) is 0 Å². The standard InChI is InChI=1S/C17H13ClF3N5OS.C6H6N2O/c1-8-22-7-11(28-8)16(27)24-10-4-5-12(23-6-10)26-14(9-2-3-9)13(18)15(25-26)17(19,20)21;7-6(9)5-2-1-3-8-4-5/h4-7,9H,2-3H2,1H3,(H,24,27);1-4H,(H2,7,9). The van der Waals surface area contributed by atoms with Crippen LogP contribution in [0.2, 0.25) is 5.02 Å². The molecule has 0 spiro atoms. The number of halogens is 4.